The number of methoxy groups -OCH3 is 1. The van der Waals surface area contributed by atoms with Gasteiger partial charge in [-0.3, -0.25) is 24.1 Å². The molecule has 1 heterocycles. The third-order valence-corrected chi connectivity index (χ3v) is 5.04. The second kappa shape index (κ2) is 8.90. The fourth-order valence-electron chi connectivity index (χ4n) is 3.59. The minimum Gasteiger partial charge on any atom is -0.469 e. The van der Waals surface area contributed by atoms with Crippen molar-refractivity contribution in [2.24, 2.45) is 0 Å². The second-order valence-electron chi connectivity index (χ2n) is 7.14. The molecule has 0 N–H and O–H groups in total. The molecule has 1 aliphatic rings. The number of amides is 2. The van der Waals surface area contributed by atoms with Crippen molar-refractivity contribution in [2.45, 2.75) is 39.2 Å². The zero-order valence-corrected chi connectivity index (χ0v) is 17.1. The van der Waals surface area contributed by atoms with Crippen LogP contribution in [0.2, 0.25) is 0 Å². The van der Waals surface area contributed by atoms with E-state index in [-0.39, 0.29) is 30.2 Å². The molecule has 0 saturated heterocycles. The fourth-order valence-corrected chi connectivity index (χ4v) is 3.59. The molecular weight excluding hydrogens is 386 g/mol. The van der Waals surface area contributed by atoms with Gasteiger partial charge in [0.1, 0.15) is 5.75 Å². The summed E-state index contributed by atoms with van der Waals surface area (Å²) in [7, 11) is 1.33. The van der Waals surface area contributed by atoms with Gasteiger partial charge >= 0.3 is 11.9 Å². The molecule has 2 amide bonds. The van der Waals surface area contributed by atoms with Crippen LogP contribution in [0, 0.1) is 0 Å². The highest BCUT2D eigenvalue weighted by molar-refractivity contribution is 6.24. The molecule has 1 atom stereocenters. The molecule has 2 aromatic rings. The first-order chi connectivity index (χ1) is 14.3. The zero-order valence-electron chi connectivity index (χ0n) is 17.1. The lowest BCUT2D eigenvalue weighted by Crippen LogP contribution is -2.38. The van der Waals surface area contributed by atoms with Crippen LogP contribution in [0.25, 0.3) is 11.1 Å². The molecule has 7 nitrogen and oxygen atoms in total. The van der Waals surface area contributed by atoms with Crippen LogP contribution >= 0.6 is 0 Å². The third kappa shape index (κ3) is 4.25. The van der Waals surface area contributed by atoms with E-state index in [4.69, 9.17) is 4.74 Å². The number of fused-ring (bicyclic) bond motifs is 1. The fraction of sp³-hybridized carbons (Fsp3) is 0.304. The number of carbonyl (C=O) groups excluding carboxylic acids is 4. The van der Waals surface area contributed by atoms with Crippen LogP contribution in [0.4, 0.5) is 0 Å². The van der Waals surface area contributed by atoms with Gasteiger partial charge in [0.05, 0.1) is 18.2 Å². The summed E-state index contributed by atoms with van der Waals surface area (Å²) in [5.74, 6) is -1.01. The predicted molar refractivity (Wildman–Crippen MR) is 109 cm³/mol. The topological polar surface area (TPSA) is 90.0 Å². The molecule has 156 valence electrons. The summed E-state index contributed by atoms with van der Waals surface area (Å²) < 4.78 is 9.68. The number of rotatable bonds is 7. The van der Waals surface area contributed by atoms with Crippen molar-refractivity contribution in [1.29, 1.82) is 0 Å². The summed E-state index contributed by atoms with van der Waals surface area (Å²) in [6.07, 6.45) is 1.27. The Labute approximate surface area is 174 Å². The van der Waals surface area contributed by atoms with Gasteiger partial charge in [0, 0.05) is 19.4 Å². The Morgan fingerprint density at radius 3 is 2.30 bits per heavy atom. The van der Waals surface area contributed by atoms with Crippen molar-refractivity contribution in [3.8, 4) is 16.9 Å². The van der Waals surface area contributed by atoms with E-state index in [0.717, 1.165) is 5.56 Å². The Kier molecular flexibility index (Phi) is 6.30. The molecule has 0 radical (unpaired) electrons. The van der Waals surface area contributed by atoms with Crippen LogP contribution in [0.15, 0.2) is 42.5 Å². The maximum absolute atomic E-state index is 13.2. The third-order valence-electron chi connectivity index (χ3n) is 5.04. The largest absolute Gasteiger partial charge is 0.469 e. The zero-order chi connectivity index (χ0) is 21.8. The summed E-state index contributed by atoms with van der Waals surface area (Å²) in [6.45, 7) is 3.12. The van der Waals surface area contributed by atoms with Gasteiger partial charge in [-0.2, -0.15) is 0 Å². The molecule has 0 saturated carbocycles. The van der Waals surface area contributed by atoms with Gasteiger partial charge in [-0.1, -0.05) is 24.3 Å². The first kappa shape index (κ1) is 21.2. The Morgan fingerprint density at radius 2 is 1.67 bits per heavy atom. The second-order valence-corrected chi connectivity index (χ2v) is 7.14. The van der Waals surface area contributed by atoms with Crippen molar-refractivity contribution in [3.63, 3.8) is 0 Å². The van der Waals surface area contributed by atoms with Gasteiger partial charge in [-0.25, -0.2) is 0 Å². The molecule has 0 aliphatic carbocycles. The van der Waals surface area contributed by atoms with Crippen LogP contribution in [0.3, 0.4) is 0 Å². The standard InChI is InChI=1S/C23H23NO6/c1-14(6-4-9-20(26)29-3)24-22(27)19-8-5-7-18(21(19)23(24)28)16-10-12-17(13-11-16)30-15(2)25/h5,7-8,10-14H,4,6,9H2,1-3H3. The normalized spacial score (nSPS) is 13.8. The number of imide groups is 1. The number of hydrogen-bond acceptors (Lipinski definition) is 6. The predicted octanol–water partition coefficient (Wildman–Crippen LogP) is 3.61. The van der Waals surface area contributed by atoms with Crippen molar-refractivity contribution in [3.05, 3.63) is 53.6 Å². The van der Waals surface area contributed by atoms with Gasteiger partial charge in [-0.05, 0) is 49.1 Å². The van der Waals surface area contributed by atoms with E-state index in [1.54, 1.807) is 49.4 Å². The average molecular weight is 409 g/mol. The molecule has 0 bridgehead atoms. The van der Waals surface area contributed by atoms with Gasteiger partial charge < -0.3 is 9.47 Å². The summed E-state index contributed by atoms with van der Waals surface area (Å²) in [4.78, 5) is 49.7. The van der Waals surface area contributed by atoms with Crippen molar-refractivity contribution >= 4 is 23.8 Å². The lowest BCUT2D eigenvalue weighted by Gasteiger charge is -2.22. The minimum absolute atomic E-state index is 0.240. The summed E-state index contributed by atoms with van der Waals surface area (Å²) in [5.41, 5.74) is 2.11. The van der Waals surface area contributed by atoms with E-state index in [0.29, 0.717) is 35.3 Å². The average Bonchev–Trinajstić information content (AvgIpc) is 2.98. The molecule has 2 aromatic carbocycles. The first-order valence-corrected chi connectivity index (χ1v) is 9.70. The molecule has 1 aliphatic heterocycles. The van der Waals surface area contributed by atoms with E-state index < -0.39 is 5.97 Å². The summed E-state index contributed by atoms with van der Waals surface area (Å²) in [5, 5.41) is 0. The molecule has 1 unspecified atom stereocenters. The van der Waals surface area contributed by atoms with Crippen LogP contribution in [0.1, 0.15) is 53.8 Å². The minimum atomic E-state index is -0.416. The number of carbonyl (C=O) groups is 4. The van der Waals surface area contributed by atoms with Crippen LogP contribution < -0.4 is 4.74 Å². The quantitative estimate of drug-likeness (QED) is 0.394. The SMILES string of the molecule is COC(=O)CCCC(C)N1C(=O)c2cccc(-c3ccc(OC(C)=O)cc3)c2C1=O. The van der Waals surface area contributed by atoms with Crippen molar-refractivity contribution in [1.82, 2.24) is 4.90 Å². The first-order valence-electron chi connectivity index (χ1n) is 9.70. The van der Waals surface area contributed by atoms with E-state index >= 15 is 0 Å². The summed E-state index contributed by atoms with van der Waals surface area (Å²) in [6, 6.07) is 11.6. The molecule has 0 spiro atoms. The summed E-state index contributed by atoms with van der Waals surface area (Å²) >= 11 is 0. The monoisotopic (exact) mass is 409 g/mol. The van der Waals surface area contributed by atoms with Crippen molar-refractivity contribution in [2.75, 3.05) is 7.11 Å². The van der Waals surface area contributed by atoms with E-state index in [1.807, 2.05) is 0 Å². The van der Waals surface area contributed by atoms with Gasteiger partial charge in [-0.15, -0.1) is 0 Å². The highest BCUT2D eigenvalue weighted by atomic mass is 16.5. The molecular formula is C23H23NO6. The number of hydrogen-bond donors (Lipinski definition) is 0. The van der Waals surface area contributed by atoms with Gasteiger partial charge in [0.2, 0.25) is 0 Å². The van der Waals surface area contributed by atoms with Gasteiger partial charge in [0.15, 0.2) is 0 Å². The molecule has 3 rings (SSSR count). The van der Waals surface area contributed by atoms with Crippen LogP contribution in [-0.4, -0.2) is 41.8 Å². The maximum Gasteiger partial charge on any atom is 0.308 e. The van der Waals surface area contributed by atoms with Crippen molar-refractivity contribution < 1.29 is 28.7 Å². The van der Waals surface area contributed by atoms with E-state index in [2.05, 4.69) is 4.74 Å². The Hall–Kier alpha value is -3.48. The molecule has 0 fully saturated rings. The van der Waals surface area contributed by atoms with Crippen LogP contribution in [0.5, 0.6) is 5.75 Å². The lowest BCUT2D eigenvalue weighted by molar-refractivity contribution is -0.140. The lowest BCUT2D eigenvalue weighted by atomic mass is 9.96. The number of esters is 2. The number of nitrogens with zero attached hydrogens (tertiary/aromatic N) is 1. The van der Waals surface area contributed by atoms with Gasteiger partial charge in [0.25, 0.3) is 11.8 Å². The molecule has 7 heteroatoms. The highest BCUT2D eigenvalue weighted by Gasteiger charge is 2.39. The van der Waals surface area contributed by atoms with Crippen LogP contribution in [-0.2, 0) is 14.3 Å². The Bertz CT molecular complexity index is 995. The number of benzene rings is 2. The smallest absolute Gasteiger partial charge is 0.308 e. The molecule has 0 aromatic heterocycles. The Morgan fingerprint density at radius 1 is 1.00 bits per heavy atom. The maximum atomic E-state index is 13.2. The highest BCUT2D eigenvalue weighted by Crippen LogP contribution is 2.34. The Balaban J connectivity index is 1.84. The number of ether oxygens (including phenoxy) is 2. The molecule has 30 heavy (non-hydrogen) atoms. The van der Waals surface area contributed by atoms with E-state index in [9.17, 15) is 19.2 Å². The van der Waals surface area contributed by atoms with E-state index in [1.165, 1.54) is 18.9 Å².